The number of rotatable bonds is 6. The normalized spacial score (nSPS) is 18.1. The van der Waals surface area contributed by atoms with E-state index >= 15 is 0 Å². The van der Waals surface area contributed by atoms with Gasteiger partial charge >= 0.3 is 0 Å². The number of hydrogen-bond acceptors (Lipinski definition) is 5. The molecule has 1 aromatic heterocycles. The molecule has 6 nitrogen and oxygen atoms in total. The highest BCUT2D eigenvalue weighted by atomic mass is 32.1. The van der Waals surface area contributed by atoms with Crippen molar-refractivity contribution in [2.45, 2.75) is 31.7 Å². The van der Waals surface area contributed by atoms with Crippen LogP contribution in [0.2, 0.25) is 0 Å². The van der Waals surface area contributed by atoms with E-state index in [1.54, 1.807) is 13.2 Å². The van der Waals surface area contributed by atoms with Gasteiger partial charge in [-0.15, -0.1) is 11.3 Å². The van der Waals surface area contributed by atoms with Gasteiger partial charge in [-0.2, -0.15) is 0 Å². The molecule has 1 atom stereocenters. The summed E-state index contributed by atoms with van der Waals surface area (Å²) in [5.41, 5.74) is 5.37. The number of nitrogens with one attached hydrogen (secondary N) is 1. The van der Waals surface area contributed by atoms with E-state index in [1.165, 1.54) is 11.3 Å². The molecule has 0 saturated carbocycles. The molecule has 2 amide bonds. The van der Waals surface area contributed by atoms with Crippen molar-refractivity contribution in [2.75, 3.05) is 26.7 Å². The van der Waals surface area contributed by atoms with Gasteiger partial charge in [0.05, 0.1) is 7.11 Å². The zero-order chi connectivity index (χ0) is 15.9. The highest BCUT2D eigenvalue weighted by molar-refractivity contribution is 7.12. The summed E-state index contributed by atoms with van der Waals surface area (Å²) in [6.07, 6.45) is 3.29. The molecule has 1 fully saturated rings. The Morgan fingerprint density at radius 2 is 2.32 bits per heavy atom. The molecule has 122 valence electrons. The molecule has 0 aromatic carbocycles. The van der Waals surface area contributed by atoms with E-state index in [4.69, 9.17) is 10.5 Å². The van der Waals surface area contributed by atoms with Crippen LogP contribution in [0.4, 0.5) is 0 Å². The van der Waals surface area contributed by atoms with Gasteiger partial charge in [0.15, 0.2) is 0 Å². The van der Waals surface area contributed by atoms with Gasteiger partial charge in [0.25, 0.3) is 5.91 Å². The van der Waals surface area contributed by atoms with Crippen LogP contribution < -0.4 is 15.8 Å². The number of likely N-dealkylation sites (tertiary alicyclic amines) is 1. The zero-order valence-corrected chi connectivity index (χ0v) is 13.7. The predicted molar refractivity (Wildman–Crippen MR) is 86.2 cm³/mol. The van der Waals surface area contributed by atoms with E-state index in [9.17, 15) is 9.59 Å². The van der Waals surface area contributed by atoms with Gasteiger partial charge < -0.3 is 20.7 Å². The number of piperidine rings is 1. The number of nitrogens with zero attached hydrogens (tertiary/aromatic N) is 1. The summed E-state index contributed by atoms with van der Waals surface area (Å²) >= 11 is 1.39. The Balaban J connectivity index is 2.03. The second kappa shape index (κ2) is 8.14. The Kier molecular flexibility index (Phi) is 6.21. The van der Waals surface area contributed by atoms with Crippen molar-refractivity contribution in [2.24, 2.45) is 5.73 Å². The fraction of sp³-hybridized carbons (Fsp3) is 0.600. The van der Waals surface area contributed by atoms with Crippen LogP contribution in [0, 0.1) is 0 Å². The van der Waals surface area contributed by atoms with Crippen LogP contribution in [0.3, 0.4) is 0 Å². The lowest BCUT2D eigenvalue weighted by Crippen LogP contribution is -2.49. The third-order valence-electron chi connectivity index (χ3n) is 3.84. The second-order valence-corrected chi connectivity index (χ2v) is 6.23. The summed E-state index contributed by atoms with van der Waals surface area (Å²) in [4.78, 5) is 26.8. The van der Waals surface area contributed by atoms with E-state index in [-0.39, 0.29) is 17.9 Å². The van der Waals surface area contributed by atoms with Crippen LogP contribution in [0.1, 0.15) is 35.4 Å². The van der Waals surface area contributed by atoms with E-state index in [2.05, 4.69) is 5.32 Å². The second-order valence-electron chi connectivity index (χ2n) is 5.31. The summed E-state index contributed by atoms with van der Waals surface area (Å²) in [6.45, 7) is 1.54. The molecular formula is C15H23N3O3S. The number of ether oxygens (including phenoxy) is 1. The Morgan fingerprint density at radius 3 is 3.05 bits per heavy atom. The number of amides is 2. The third kappa shape index (κ3) is 3.98. The Morgan fingerprint density at radius 1 is 1.50 bits per heavy atom. The maximum Gasteiger partial charge on any atom is 0.268 e. The topological polar surface area (TPSA) is 84.7 Å². The molecule has 1 aromatic rings. The highest BCUT2D eigenvalue weighted by Gasteiger charge is 2.29. The number of nitrogens with two attached hydrogens (primary N) is 1. The minimum absolute atomic E-state index is 0.00961. The van der Waals surface area contributed by atoms with Crippen molar-refractivity contribution < 1.29 is 14.3 Å². The SMILES string of the molecule is COc1ccsc1C(=O)N1CCCCC1CNC(=O)CCN. The number of carbonyl (C=O) groups is 2. The van der Waals surface area contributed by atoms with Gasteiger partial charge in [-0.05, 0) is 30.7 Å². The van der Waals surface area contributed by atoms with Gasteiger partial charge in [-0.3, -0.25) is 9.59 Å². The quantitative estimate of drug-likeness (QED) is 0.823. The van der Waals surface area contributed by atoms with Crippen molar-refractivity contribution in [3.05, 3.63) is 16.3 Å². The fourth-order valence-electron chi connectivity index (χ4n) is 2.68. The van der Waals surface area contributed by atoms with Crippen molar-refractivity contribution in [1.82, 2.24) is 10.2 Å². The molecule has 1 aliphatic rings. The van der Waals surface area contributed by atoms with E-state index in [0.717, 1.165) is 25.8 Å². The van der Waals surface area contributed by atoms with Gasteiger partial charge in [0, 0.05) is 32.1 Å². The summed E-state index contributed by atoms with van der Waals surface area (Å²) < 4.78 is 5.24. The monoisotopic (exact) mass is 325 g/mol. The first-order valence-electron chi connectivity index (χ1n) is 7.56. The first-order chi connectivity index (χ1) is 10.7. The molecule has 22 heavy (non-hydrogen) atoms. The fourth-order valence-corrected chi connectivity index (χ4v) is 3.49. The zero-order valence-electron chi connectivity index (χ0n) is 12.8. The average molecular weight is 325 g/mol. The smallest absolute Gasteiger partial charge is 0.268 e. The predicted octanol–water partition coefficient (Wildman–Crippen LogP) is 1.22. The Bertz CT molecular complexity index is 518. The number of hydrogen-bond donors (Lipinski definition) is 2. The number of carbonyl (C=O) groups excluding carboxylic acids is 2. The largest absolute Gasteiger partial charge is 0.495 e. The third-order valence-corrected chi connectivity index (χ3v) is 4.72. The molecule has 0 aliphatic carbocycles. The van der Waals surface area contributed by atoms with Crippen LogP contribution in [-0.4, -0.2) is 49.5 Å². The molecule has 1 unspecified atom stereocenters. The molecule has 1 saturated heterocycles. The minimum atomic E-state index is -0.0609. The highest BCUT2D eigenvalue weighted by Crippen LogP contribution is 2.28. The standard InChI is InChI=1S/C15H23N3O3S/c1-21-12-6-9-22-14(12)15(20)18-8-3-2-4-11(18)10-17-13(19)5-7-16/h6,9,11H,2-5,7-8,10,16H2,1H3,(H,17,19). The van der Waals surface area contributed by atoms with Crippen molar-refractivity contribution in [3.63, 3.8) is 0 Å². The van der Waals surface area contributed by atoms with Crippen molar-refractivity contribution >= 4 is 23.2 Å². The first-order valence-corrected chi connectivity index (χ1v) is 8.44. The Hall–Kier alpha value is -1.60. The van der Waals surface area contributed by atoms with Crippen molar-refractivity contribution in [3.8, 4) is 5.75 Å². The van der Waals surface area contributed by atoms with Crippen LogP contribution in [-0.2, 0) is 4.79 Å². The summed E-state index contributed by atoms with van der Waals surface area (Å²) in [5, 5.41) is 4.73. The van der Waals surface area contributed by atoms with Gasteiger partial charge in [0.1, 0.15) is 10.6 Å². The van der Waals surface area contributed by atoms with Crippen molar-refractivity contribution in [1.29, 1.82) is 0 Å². The van der Waals surface area contributed by atoms with Crippen LogP contribution in [0.5, 0.6) is 5.75 Å². The van der Waals surface area contributed by atoms with Gasteiger partial charge in [-0.25, -0.2) is 0 Å². The van der Waals surface area contributed by atoms with E-state index in [1.807, 2.05) is 10.3 Å². The maximum atomic E-state index is 12.7. The first kappa shape index (κ1) is 16.8. The van der Waals surface area contributed by atoms with Crippen LogP contribution >= 0.6 is 11.3 Å². The summed E-state index contributed by atoms with van der Waals surface area (Å²) in [7, 11) is 1.57. The maximum absolute atomic E-state index is 12.7. The molecule has 3 N–H and O–H groups in total. The lowest BCUT2D eigenvalue weighted by Gasteiger charge is -2.35. The molecule has 7 heteroatoms. The van der Waals surface area contributed by atoms with Crippen LogP contribution in [0.15, 0.2) is 11.4 Å². The van der Waals surface area contributed by atoms with Gasteiger partial charge in [0.2, 0.25) is 5.91 Å². The molecule has 0 spiro atoms. The Labute approximate surface area is 134 Å². The lowest BCUT2D eigenvalue weighted by molar-refractivity contribution is -0.121. The minimum Gasteiger partial charge on any atom is -0.495 e. The summed E-state index contributed by atoms with van der Waals surface area (Å²) in [6, 6.07) is 1.84. The van der Waals surface area contributed by atoms with Gasteiger partial charge in [-0.1, -0.05) is 0 Å². The average Bonchev–Trinajstić information content (AvgIpc) is 3.01. The molecule has 2 heterocycles. The van der Waals surface area contributed by atoms with E-state index < -0.39 is 0 Å². The molecule has 2 rings (SSSR count). The molecule has 0 radical (unpaired) electrons. The molecule has 1 aliphatic heterocycles. The molecule has 0 bridgehead atoms. The van der Waals surface area contributed by atoms with Crippen LogP contribution in [0.25, 0.3) is 0 Å². The molecular weight excluding hydrogens is 302 g/mol. The van der Waals surface area contributed by atoms with E-state index in [0.29, 0.717) is 30.1 Å². The summed E-state index contributed by atoms with van der Waals surface area (Å²) in [5.74, 6) is 0.547. The number of methoxy groups -OCH3 is 1. The lowest BCUT2D eigenvalue weighted by atomic mass is 10.0. The number of thiophene rings is 1.